The predicted octanol–water partition coefficient (Wildman–Crippen LogP) is 1.08. The van der Waals surface area contributed by atoms with Crippen molar-refractivity contribution in [2.75, 3.05) is 6.61 Å². The highest BCUT2D eigenvalue weighted by atomic mass is 16.5. The highest BCUT2D eigenvalue weighted by Gasteiger charge is 2.28. The standard InChI is InChI=1S/C6H9NO/c1-5-6(7-2)3-4-8-5/h5-6H,3-4H2,1H3. The zero-order valence-corrected chi connectivity index (χ0v) is 4.92. The van der Waals surface area contributed by atoms with Gasteiger partial charge in [-0.15, -0.1) is 0 Å². The summed E-state index contributed by atoms with van der Waals surface area (Å²) in [6, 6.07) is 0.134. The Morgan fingerprint density at radius 2 is 2.50 bits per heavy atom. The number of hydrogen-bond acceptors (Lipinski definition) is 1. The second kappa shape index (κ2) is 2.15. The summed E-state index contributed by atoms with van der Waals surface area (Å²) in [5, 5.41) is 0. The molecular formula is C6H9NO. The van der Waals surface area contributed by atoms with Gasteiger partial charge in [0.15, 0.2) is 0 Å². The second-order valence-corrected chi connectivity index (χ2v) is 2.06. The quantitative estimate of drug-likeness (QED) is 0.426. The van der Waals surface area contributed by atoms with Crippen LogP contribution in [0.15, 0.2) is 0 Å². The van der Waals surface area contributed by atoms with Crippen LogP contribution in [0.1, 0.15) is 13.3 Å². The Morgan fingerprint density at radius 1 is 1.75 bits per heavy atom. The molecule has 44 valence electrons. The lowest BCUT2D eigenvalue weighted by Crippen LogP contribution is -2.11. The van der Waals surface area contributed by atoms with Gasteiger partial charge in [-0.1, -0.05) is 0 Å². The summed E-state index contributed by atoms with van der Waals surface area (Å²) in [5.41, 5.74) is 0. The van der Waals surface area contributed by atoms with Gasteiger partial charge >= 0.3 is 0 Å². The smallest absolute Gasteiger partial charge is 0.251 e. The Balaban J connectivity index is 2.45. The molecule has 0 aromatic carbocycles. The van der Waals surface area contributed by atoms with Crippen molar-refractivity contribution in [1.29, 1.82) is 0 Å². The SMILES string of the molecule is [C-]#[N+]C1CCOC1C. The summed E-state index contributed by atoms with van der Waals surface area (Å²) in [4.78, 5) is 3.39. The lowest BCUT2D eigenvalue weighted by atomic mass is 10.2. The first-order chi connectivity index (χ1) is 3.84. The molecule has 0 aromatic heterocycles. The number of ether oxygens (including phenoxy) is 1. The van der Waals surface area contributed by atoms with Gasteiger partial charge < -0.3 is 9.58 Å². The first-order valence-corrected chi connectivity index (χ1v) is 2.83. The average Bonchev–Trinajstić information content (AvgIpc) is 2.14. The van der Waals surface area contributed by atoms with E-state index in [4.69, 9.17) is 11.3 Å². The van der Waals surface area contributed by atoms with E-state index in [-0.39, 0.29) is 12.1 Å². The van der Waals surface area contributed by atoms with Gasteiger partial charge in [-0.05, 0) is 6.92 Å². The van der Waals surface area contributed by atoms with E-state index >= 15 is 0 Å². The van der Waals surface area contributed by atoms with Crippen LogP contribution in [0.5, 0.6) is 0 Å². The maximum absolute atomic E-state index is 6.68. The van der Waals surface area contributed by atoms with Crippen molar-refractivity contribution in [3.8, 4) is 0 Å². The number of hydrogen-bond donors (Lipinski definition) is 0. The zero-order valence-electron chi connectivity index (χ0n) is 4.92. The Labute approximate surface area is 49.3 Å². The third kappa shape index (κ3) is 0.823. The van der Waals surface area contributed by atoms with Gasteiger partial charge in [-0.3, -0.25) is 0 Å². The minimum atomic E-state index is 0.134. The fraction of sp³-hybridized carbons (Fsp3) is 0.833. The molecule has 1 aliphatic rings. The molecule has 0 bridgehead atoms. The largest absolute Gasteiger partial charge is 0.370 e. The van der Waals surface area contributed by atoms with Gasteiger partial charge in [0.05, 0.1) is 6.61 Å². The topological polar surface area (TPSA) is 13.6 Å². The molecule has 0 N–H and O–H groups in total. The number of rotatable bonds is 0. The lowest BCUT2D eigenvalue weighted by molar-refractivity contribution is 0.123. The van der Waals surface area contributed by atoms with Crippen molar-refractivity contribution >= 4 is 0 Å². The fourth-order valence-corrected chi connectivity index (χ4v) is 0.890. The summed E-state index contributed by atoms with van der Waals surface area (Å²) in [6.07, 6.45) is 1.09. The van der Waals surface area contributed by atoms with Crippen LogP contribution in [-0.4, -0.2) is 18.8 Å². The van der Waals surface area contributed by atoms with E-state index in [1.807, 2.05) is 6.92 Å². The maximum Gasteiger partial charge on any atom is 0.251 e. The van der Waals surface area contributed by atoms with Crippen LogP contribution in [0.3, 0.4) is 0 Å². The zero-order chi connectivity index (χ0) is 5.98. The maximum atomic E-state index is 6.68. The van der Waals surface area contributed by atoms with Gasteiger partial charge in [0.25, 0.3) is 6.04 Å². The van der Waals surface area contributed by atoms with Crippen LogP contribution in [-0.2, 0) is 4.74 Å². The van der Waals surface area contributed by atoms with Gasteiger partial charge in [0.1, 0.15) is 6.10 Å². The van der Waals surface area contributed by atoms with E-state index in [0.29, 0.717) is 0 Å². The van der Waals surface area contributed by atoms with Crippen molar-refractivity contribution in [3.63, 3.8) is 0 Å². The minimum absolute atomic E-state index is 0.134. The molecule has 0 radical (unpaired) electrons. The highest BCUT2D eigenvalue weighted by Crippen LogP contribution is 2.15. The van der Waals surface area contributed by atoms with Crippen LogP contribution in [0.25, 0.3) is 4.85 Å². The van der Waals surface area contributed by atoms with E-state index in [2.05, 4.69) is 4.85 Å². The third-order valence-electron chi connectivity index (χ3n) is 1.50. The van der Waals surface area contributed by atoms with E-state index < -0.39 is 0 Å². The molecule has 2 atom stereocenters. The van der Waals surface area contributed by atoms with E-state index in [0.717, 1.165) is 13.0 Å². The van der Waals surface area contributed by atoms with E-state index in [9.17, 15) is 0 Å². The molecule has 0 aromatic rings. The molecular weight excluding hydrogens is 102 g/mol. The molecule has 1 aliphatic heterocycles. The molecule has 2 heteroatoms. The van der Waals surface area contributed by atoms with Crippen molar-refractivity contribution in [2.45, 2.75) is 25.5 Å². The van der Waals surface area contributed by atoms with Crippen LogP contribution in [0.4, 0.5) is 0 Å². The van der Waals surface area contributed by atoms with Gasteiger partial charge in [0.2, 0.25) is 0 Å². The summed E-state index contributed by atoms with van der Waals surface area (Å²) in [7, 11) is 0. The highest BCUT2D eigenvalue weighted by molar-refractivity contribution is 4.87. The summed E-state index contributed by atoms with van der Waals surface area (Å²) in [6.45, 7) is 9.40. The Hall–Kier alpha value is -0.550. The van der Waals surface area contributed by atoms with Crippen LogP contribution < -0.4 is 0 Å². The molecule has 8 heavy (non-hydrogen) atoms. The molecule has 1 fully saturated rings. The predicted molar refractivity (Wildman–Crippen MR) is 30.4 cm³/mol. The van der Waals surface area contributed by atoms with Gasteiger partial charge in [0, 0.05) is 6.42 Å². The van der Waals surface area contributed by atoms with Crippen molar-refractivity contribution in [1.82, 2.24) is 0 Å². The molecule has 0 saturated carbocycles. The molecule has 1 saturated heterocycles. The fourth-order valence-electron chi connectivity index (χ4n) is 0.890. The van der Waals surface area contributed by atoms with Crippen LogP contribution >= 0.6 is 0 Å². The Morgan fingerprint density at radius 3 is 2.75 bits per heavy atom. The second-order valence-electron chi connectivity index (χ2n) is 2.06. The molecule has 0 spiro atoms. The average molecular weight is 111 g/mol. The normalized spacial score (nSPS) is 37.0. The molecule has 1 heterocycles. The molecule has 0 amide bonds. The van der Waals surface area contributed by atoms with E-state index in [1.54, 1.807) is 0 Å². The lowest BCUT2D eigenvalue weighted by Gasteiger charge is -1.98. The van der Waals surface area contributed by atoms with E-state index in [1.165, 1.54) is 0 Å². The van der Waals surface area contributed by atoms with Crippen molar-refractivity contribution in [2.24, 2.45) is 0 Å². The van der Waals surface area contributed by atoms with Crippen LogP contribution in [0.2, 0.25) is 0 Å². The van der Waals surface area contributed by atoms with Crippen LogP contribution in [0, 0.1) is 6.57 Å². The third-order valence-corrected chi connectivity index (χ3v) is 1.50. The first-order valence-electron chi connectivity index (χ1n) is 2.83. The Bertz CT molecular complexity index is 116. The van der Waals surface area contributed by atoms with Crippen molar-refractivity contribution < 1.29 is 4.74 Å². The summed E-state index contributed by atoms with van der Waals surface area (Å²) in [5.74, 6) is 0. The van der Waals surface area contributed by atoms with Crippen molar-refractivity contribution in [3.05, 3.63) is 11.4 Å². The minimum Gasteiger partial charge on any atom is -0.370 e. The molecule has 2 unspecified atom stereocenters. The molecule has 1 rings (SSSR count). The van der Waals surface area contributed by atoms with Gasteiger partial charge in [-0.2, -0.15) is 0 Å². The monoisotopic (exact) mass is 111 g/mol. The summed E-state index contributed by atoms with van der Waals surface area (Å²) >= 11 is 0. The first kappa shape index (κ1) is 5.58. The van der Waals surface area contributed by atoms with Gasteiger partial charge in [-0.25, -0.2) is 6.57 Å². The molecule has 0 aliphatic carbocycles. The molecule has 2 nitrogen and oxygen atoms in total. The Kier molecular flexibility index (Phi) is 1.50. The summed E-state index contributed by atoms with van der Waals surface area (Å²) < 4.78 is 5.14. The number of nitrogens with zero attached hydrogens (tertiary/aromatic N) is 1.